The molecule has 1 saturated heterocycles. The molecule has 1 amide bonds. The molecular formula is C16H15ClFNO2. The standard InChI is InChI=1S/C16H15ClFNO2/c17-13-10-12(18)6-5-11(13)9-16(20)19-7-1-3-14(19)15-4-2-8-21-15/h2,4-6,8,10,14H,1,3,7,9H2/t14-/m0/s1. The summed E-state index contributed by atoms with van der Waals surface area (Å²) in [7, 11) is 0. The summed E-state index contributed by atoms with van der Waals surface area (Å²) < 4.78 is 18.5. The van der Waals surface area contributed by atoms with Crippen molar-refractivity contribution in [3.8, 4) is 0 Å². The fourth-order valence-electron chi connectivity index (χ4n) is 2.77. The second kappa shape index (κ2) is 5.90. The van der Waals surface area contributed by atoms with Crippen LogP contribution in [0.5, 0.6) is 0 Å². The minimum absolute atomic E-state index is 0.00766. The second-order valence-corrected chi connectivity index (χ2v) is 5.58. The molecular weight excluding hydrogens is 293 g/mol. The predicted molar refractivity (Wildman–Crippen MR) is 77.5 cm³/mol. The van der Waals surface area contributed by atoms with Crippen LogP contribution in [0.15, 0.2) is 41.0 Å². The minimum atomic E-state index is -0.397. The first kappa shape index (κ1) is 14.1. The Labute approximate surface area is 127 Å². The molecule has 110 valence electrons. The van der Waals surface area contributed by atoms with Gasteiger partial charge in [-0.3, -0.25) is 4.79 Å². The number of furan rings is 1. The SMILES string of the molecule is O=C(Cc1ccc(F)cc1Cl)N1CCC[C@H]1c1ccco1. The highest BCUT2D eigenvalue weighted by molar-refractivity contribution is 6.31. The van der Waals surface area contributed by atoms with Gasteiger partial charge in [-0.05, 0) is 42.7 Å². The molecule has 0 unspecified atom stereocenters. The average molecular weight is 308 g/mol. The van der Waals surface area contributed by atoms with Crippen molar-refractivity contribution < 1.29 is 13.6 Å². The van der Waals surface area contributed by atoms with Crippen LogP contribution in [0, 0.1) is 5.82 Å². The second-order valence-electron chi connectivity index (χ2n) is 5.17. The summed E-state index contributed by atoms with van der Waals surface area (Å²) in [4.78, 5) is 14.3. The maximum Gasteiger partial charge on any atom is 0.227 e. The van der Waals surface area contributed by atoms with E-state index in [4.69, 9.17) is 16.0 Å². The van der Waals surface area contributed by atoms with Gasteiger partial charge in [-0.1, -0.05) is 17.7 Å². The summed E-state index contributed by atoms with van der Waals surface area (Å²) in [6.45, 7) is 0.711. The number of hydrogen-bond acceptors (Lipinski definition) is 2. The van der Waals surface area contributed by atoms with Gasteiger partial charge < -0.3 is 9.32 Å². The molecule has 21 heavy (non-hydrogen) atoms. The maximum absolute atomic E-state index is 13.0. The number of carbonyl (C=O) groups excluding carboxylic acids is 1. The fourth-order valence-corrected chi connectivity index (χ4v) is 3.01. The first-order chi connectivity index (χ1) is 10.1. The molecule has 0 bridgehead atoms. The van der Waals surface area contributed by atoms with Crippen molar-refractivity contribution >= 4 is 17.5 Å². The molecule has 0 radical (unpaired) electrons. The zero-order chi connectivity index (χ0) is 14.8. The van der Waals surface area contributed by atoms with Crippen LogP contribution in [-0.2, 0) is 11.2 Å². The summed E-state index contributed by atoms with van der Waals surface area (Å²) in [6.07, 6.45) is 3.65. The lowest BCUT2D eigenvalue weighted by atomic mass is 10.1. The first-order valence-electron chi connectivity index (χ1n) is 6.92. The molecule has 3 nitrogen and oxygen atoms in total. The lowest BCUT2D eigenvalue weighted by Gasteiger charge is -2.23. The molecule has 0 spiro atoms. The molecule has 1 atom stereocenters. The minimum Gasteiger partial charge on any atom is -0.467 e. The maximum atomic E-state index is 13.0. The topological polar surface area (TPSA) is 33.5 Å². The highest BCUT2D eigenvalue weighted by atomic mass is 35.5. The normalized spacial score (nSPS) is 18.2. The van der Waals surface area contributed by atoms with Crippen LogP contribution in [0.25, 0.3) is 0 Å². The predicted octanol–water partition coefficient (Wildman–Crippen LogP) is 3.98. The van der Waals surface area contributed by atoms with Crippen LogP contribution in [0.1, 0.15) is 30.2 Å². The van der Waals surface area contributed by atoms with Crippen molar-refractivity contribution in [1.29, 1.82) is 0 Å². The summed E-state index contributed by atoms with van der Waals surface area (Å²) in [5.74, 6) is 0.402. The molecule has 0 aliphatic carbocycles. The van der Waals surface area contributed by atoms with Gasteiger partial charge in [0.15, 0.2) is 0 Å². The van der Waals surface area contributed by atoms with Crippen molar-refractivity contribution in [2.24, 2.45) is 0 Å². The van der Waals surface area contributed by atoms with Crippen LogP contribution in [0.2, 0.25) is 5.02 Å². The number of halogens is 2. The molecule has 1 aromatic heterocycles. The Kier molecular flexibility index (Phi) is 3.97. The Morgan fingerprint density at radius 2 is 2.29 bits per heavy atom. The van der Waals surface area contributed by atoms with Crippen molar-refractivity contribution in [3.05, 3.63) is 58.8 Å². The third kappa shape index (κ3) is 2.95. The summed E-state index contributed by atoms with van der Waals surface area (Å²) in [5, 5.41) is 0.289. The third-order valence-electron chi connectivity index (χ3n) is 3.80. The van der Waals surface area contributed by atoms with Gasteiger partial charge in [-0.2, -0.15) is 0 Å². The number of rotatable bonds is 3. The van der Waals surface area contributed by atoms with Crippen molar-refractivity contribution in [1.82, 2.24) is 4.90 Å². The molecule has 0 saturated carbocycles. The van der Waals surface area contributed by atoms with Gasteiger partial charge in [0.05, 0.1) is 18.7 Å². The van der Waals surface area contributed by atoms with E-state index in [0.29, 0.717) is 12.1 Å². The van der Waals surface area contributed by atoms with Crippen LogP contribution in [0.4, 0.5) is 4.39 Å². The summed E-state index contributed by atoms with van der Waals surface area (Å²) >= 11 is 5.99. The fraction of sp³-hybridized carbons (Fsp3) is 0.312. The number of amides is 1. The smallest absolute Gasteiger partial charge is 0.227 e. The highest BCUT2D eigenvalue weighted by Gasteiger charge is 2.31. The molecule has 1 fully saturated rings. The van der Waals surface area contributed by atoms with Gasteiger partial charge in [0, 0.05) is 11.6 Å². The van der Waals surface area contributed by atoms with Crippen molar-refractivity contribution in [2.45, 2.75) is 25.3 Å². The van der Waals surface area contributed by atoms with E-state index in [9.17, 15) is 9.18 Å². The van der Waals surface area contributed by atoms with Gasteiger partial charge in [-0.15, -0.1) is 0 Å². The van der Waals surface area contributed by atoms with E-state index in [1.54, 1.807) is 12.3 Å². The number of carbonyl (C=O) groups is 1. The Morgan fingerprint density at radius 3 is 3.00 bits per heavy atom. The van der Waals surface area contributed by atoms with Gasteiger partial charge in [0.2, 0.25) is 5.91 Å². The monoisotopic (exact) mass is 307 g/mol. The first-order valence-corrected chi connectivity index (χ1v) is 7.30. The van der Waals surface area contributed by atoms with Gasteiger partial charge in [0.25, 0.3) is 0 Å². The lowest BCUT2D eigenvalue weighted by Crippen LogP contribution is -2.31. The van der Waals surface area contributed by atoms with E-state index in [2.05, 4.69) is 0 Å². The summed E-state index contributed by atoms with van der Waals surface area (Å²) in [6, 6.07) is 7.83. The van der Waals surface area contributed by atoms with Gasteiger partial charge in [-0.25, -0.2) is 4.39 Å². The van der Waals surface area contributed by atoms with E-state index < -0.39 is 5.82 Å². The number of nitrogens with zero attached hydrogens (tertiary/aromatic N) is 1. The molecule has 5 heteroatoms. The van der Waals surface area contributed by atoms with Crippen LogP contribution >= 0.6 is 11.6 Å². The molecule has 0 N–H and O–H groups in total. The average Bonchev–Trinajstić information content (AvgIpc) is 3.10. The molecule has 2 heterocycles. The van der Waals surface area contributed by atoms with E-state index in [1.165, 1.54) is 12.1 Å². The van der Waals surface area contributed by atoms with Crippen LogP contribution in [0.3, 0.4) is 0 Å². The van der Waals surface area contributed by atoms with Gasteiger partial charge >= 0.3 is 0 Å². The molecule has 1 aliphatic rings. The van der Waals surface area contributed by atoms with E-state index in [0.717, 1.165) is 18.6 Å². The Hall–Kier alpha value is -1.81. The number of hydrogen-bond donors (Lipinski definition) is 0. The van der Waals surface area contributed by atoms with Crippen molar-refractivity contribution in [2.75, 3.05) is 6.54 Å². The number of likely N-dealkylation sites (tertiary alicyclic amines) is 1. The Bertz CT molecular complexity index is 642. The zero-order valence-corrected chi connectivity index (χ0v) is 12.1. The van der Waals surface area contributed by atoms with E-state index in [-0.39, 0.29) is 23.4 Å². The molecule has 1 aromatic carbocycles. The largest absolute Gasteiger partial charge is 0.467 e. The summed E-state index contributed by atoms with van der Waals surface area (Å²) in [5.41, 5.74) is 0.646. The molecule has 2 aromatic rings. The molecule has 1 aliphatic heterocycles. The van der Waals surface area contributed by atoms with E-state index in [1.807, 2.05) is 17.0 Å². The highest BCUT2D eigenvalue weighted by Crippen LogP contribution is 2.33. The van der Waals surface area contributed by atoms with Gasteiger partial charge in [0.1, 0.15) is 11.6 Å². The van der Waals surface area contributed by atoms with Crippen LogP contribution in [-0.4, -0.2) is 17.4 Å². The Morgan fingerprint density at radius 1 is 1.43 bits per heavy atom. The zero-order valence-electron chi connectivity index (χ0n) is 11.4. The van der Waals surface area contributed by atoms with Crippen LogP contribution < -0.4 is 0 Å². The molecule has 3 rings (SSSR count). The Balaban J connectivity index is 1.75. The lowest BCUT2D eigenvalue weighted by molar-refractivity contribution is -0.131. The van der Waals surface area contributed by atoms with Crippen molar-refractivity contribution in [3.63, 3.8) is 0 Å². The quantitative estimate of drug-likeness (QED) is 0.859. The van der Waals surface area contributed by atoms with E-state index >= 15 is 0 Å². The number of benzene rings is 1. The third-order valence-corrected chi connectivity index (χ3v) is 4.15.